The standard InChI is InChI=1S/C29H28N2O3/c1-19(2)34-25-13-7-6-12-24(25)31-28(32)26(22-16-14-20(3)15-17-22)27(29(31)33)30-18-8-10-21-9-4-5-11-23(21)30/h4-7,9,11-17,19H,8,10,18H2,1-3H3. The number of imide groups is 1. The Bertz CT molecular complexity index is 1290. The van der Waals surface area contributed by atoms with E-state index in [9.17, 15) is 9.59 Å². The molecule has 0 fully saturated rings. The summed E-state index contributed by atoms with van der Waals surface area (Å²) >= 11 is 0. The zero-order valence-corrected chi connectivity index (χ0v) is 19.7. The minimum Gasteiger partial charge on any atom is -0.489 e. The van der Waals surface area contributed by atoms with Crippen LogP contribution in [0, 0.1) is 6.92 Å². The van der Waals surface area contributed by atoms with Crippen LogP contribution in [0.2, 0.25) is 0 Å². The molecule has 2 aliphatic heterocycles. The van der Waals surface area contributed by atoms with Gasteiger partial charge in [-0.3, -0.25) is 9.59 Å². The molecule has 0 unspecified atom stereocenters. The van der Waals surface area contributed by atoms with Gasteiger partial charge in [-0.25, -0.2) is 4.90 Å². The van der Waals surface area contributed by atoms with E-state index >= 15 is 0 Å². The van der Waals surface area contributed by atoms with Crippen molar-refractivity contribution in [3.05, 3.63) is 95.2 Å². The highest BCUT2D eigenvalue weighted by atomic mass is 16.5. The van der Waals surface area contributed by atoms with Gasteiger partial charge in [-0.15, -0.1) is 0 Å². The molecule has 5 nitrogen and oxygen atoms in total. The van der Waals surface area contributed by atoms with Crippen molar-refractivity contribution in [2.75, 3.05) is 16.3 Å². The molecule has 2 heterocycles. The summed E-state index contributed by atoms with van der Waals surface area (Å²) in [7, 11) is 0. The first-order valence-electron chi connectivity index (χ1n) is 11.8. The van der Waals surface area contributed by atoms with Crippen LogP contribution in [0.5, 0.6) is 5.75 Å². The minimum atomic E-state index is -0.327. The number of aryl methyl sites for hydroxylation is 2. The number of fused-ring (bicyclic) bond motifs is 1. The van der Waals surface area contributed by atoms with Crippen LogP contribution < -0.4 is 14.5 Å². The van der Waals surface area contributed by atoms with Crippen molar-refractivity contribution in [2.45, 2.75) is 39.7 Å². The van der Waals surface area contributed by atoms with Crippen LogP contribution in [0.15, 0.2) is 78.5 Å². The van der Waals surface area contributed by atoms with Gasteiger partial charge in [-0.05, 0) is 62.9 Å². The average molecular weight is 453 g/mol. The van der Waals surface area contributed by atoms with E-state index in [-0.39, 0.29) is 17.9 Å². The van der Waals surface area contributed by atoms with E-state index in [1.165, 1.54) is 10.5 Å². The number of anilines is 2. The molecule has 0 aromatic heterocycles. The lowest BCUT2D eigenvalue weighted by atomic mass is 9.98. The van der Waals surface area contributed by atoms with Crippen molar-refractivity contribution in [3.8, 4) is 5.75 Å². The van der Waals surface area contributed by atoms with E-state index < -0.39 is 0 Å². The fraction of sp³-hybridized carbons (Fsp3) is 0.241. The van der Waals surface area contributed by atoms with E-state index in [1.54, 1.807) is 12.1 Å². The third-order valence-electron chi connectivity index (χ3n) is 6.25. The van der Waals surface area contributed by atoms with Crippen LogP contribution in [0.4, 0.5) is 11.4 Å². The molecular weight excluding hydrogens is 424 g/mol. The van der Waals surface area contributed by atoms with E-state index in [4.69, 9.17) is 4.74 Å². The number of amides is 2. The molecule has 3 aromatic carbocycles. The van der Waals surface area contributed by atoms with Gasteiger partial charge in [0.25, 0.3) is 11.8 Å². The molecule has 172 valence electrons. The van der Waals surface area contributed by atoms with Gasteiger partial charge >= 0.3 is 0 Å². The topological polar surface area (TPSA) is 49.9 Å². The fourth-order valence-corrected chi connectivity index (χ4v) is 4.73. The molecule has 3 aromatic rings. The number of benzene rings is 3. The molecule has 5 rings (SSSR count). The Kier molecular flexibility index (Phi) is 5.70. The molecule has 0 saturated heterocycles. The first-order valence-corrected chi connectivity index (χ1v) is 11.8. The van der Waals surface area contributed by atoms with Gasteiger partial charge in [0.15, 0.2) is 0 Å². The molecule has 2 amide bonds. The molecule has 0 spiro atoms. The molecular formula is C29H28N2O3. The Morgan fingerprint density at radius 2 is 1.50 bits per heavy atom. The molecule has 0 saturated carbocycles. The summed E-state index contributed by atoms with van der Waals surface area (Å²) < 4.78 is 5.97. The molecule has 0 atom stereocenters. The number of carbonyl (C=O) groups excluding carboxylic acids is 2. The van der Waals surface area contributed by atoms with E-state index in [1.807, 2.05) is 80.3 Å². The average Bonchev–Trinajstić information content (AvgIpc) is 3.09. The highest BCUT2D eigenvalue weighted by Crippen LogP contribution is 2.41. The van der Waals surface area contributed by atoms with Gasteiger partial charge in [-0.1, -0.05) is 60.2 Å². The summed E-state index contributed by atoms with van der Waals surface area (Å²) in [5.74, 6) is -0.133. The molecule has 2 aliphatic rings. The first kappa shape index (κ1) is 22.0. The first-order chi connectivity index (χ1) is 16.5. The number of hydrogen-bond acceptors (Lipinski definition) is 4. The highest BCUT2D eigenvalue weighted by Gasteiger charge is 2.44. The zero-order valence-electron chi connectivity index (χ0n) is 19.7. The van der Waals surface area contributed by atoms with Crippen molar-refractivity contribution in [1.29, 1.82) is 0 Å². The van der Waals surface area contributed by atoms with Crippen LogP contribution in [0.25, 0.3) is 5.57 Å². The summed E-state index contributed by atoms with van der Waals surface area (Å²) in [6.07, 6.45) is 1.78. The largest absolute Gasteiger partial charge is 0.489 e. The Hall–Kier alpha value is -3.86. The molecule has 0 radical (unpaired) electrons. The van der Waals surface area contributed by atoms with Crippen LogP contribution in [0.1, 0.15) is 37.0 Å². The van der Waals surface area contributed by atoms with Gasteiger partial charge in [0.05, 0.1) is 17.4 Å². The maximum absolute atomic E-state index is 14.1. The van der Waals surface area contributed by atoms with Crippen LogP contribution in [-0.2, 0) is 16.0 Å². The normalized spacial score (nSPS) is 15.9. The van der Waals surface area contributed by atoms with Crippen molar-refractivity contribution in [1.82, 2.24) is 0 Å². The molecule has 0 N–H and O–H groups in total. The summed E-state index contributed by atoms with van der Waals surface area (Å²) in [5, 5.41) is 0. The van der Waals surface area contributed by atoms with Gasteiger partial charge in [-0.2, -0.15) is 0 Å². The second-order valence-corrected chi connectivity index (χ2v) is 9.05. The lowest BCUT2D eigenvalue weighted by molar-refractivity contribution is -0.120. The summed E-state index contributed by atoms with van der Waals surface area (Å²) in [5.41, 5.74) is 5.35. The van der Waals surface area contributed by atoms with Crippen LogP contribution in [-0.4, -0.2) is 24.5 Å². The Balaban J connectivity index is 1.68. The summed E-state index contributed by atoms with van der Waals surface area (Å²) in [6.45, 7) is 6.54. The van der Waals surface area contributed by atoms with Crippen molar-refractivity contribution in [3.63, 3.8) is 0 Å². The third-order valence-corrected chi connectivity index (χ3v) is 6.25. The predicted octanol–water partition coefficient (Wildman–Crippen LogP) is 5.52. The molecule has 5 heteroatoms. The summed E-state index contributed by atoms with van der Waals surface area (Å²) in [4.78, 5) is 31.3. The second-order valence-electron chi connectivity index (χ2n) is 9.05. The predicted molar refractivity (Wildman–Crippen MR) is 135 cm³/mol. The third kappa shape index (κ3) is 3.77. The van der Waals surface area contributed by atoms with E-state index in [0.29, 0.717) is 29.3 Å². The smallest absolute Gasteiger partial charge is 0.282 e. The Labute approximate surface area is 200 Å². The maximum Gasteiger partial charge on any atom is 0.282 e. The van der Waals surface area contributed by atoms with Gasteiger partial charge < -0.3 is 9.64 Å². The fourth-order valence-electron chi connectivity index (χ4n) is 4.73. The quantitative estimate of drug-likeness (QED) is 0.479. The molecule has 34 heavy (non-hydrogen) atoms. The lowest BCUT2D eigenvalue weighted by Gasteiger charge is -2.32. The number of rotatable bonds is 5. The number of para-hydroxylation sites is 3. The van der Waals surface area contributed by atoms with Crippen LogP contribution >= 0.6 is 0 Å². The number of ether oxygens (including phenoxy) is 1. The molecule has 0 bridgehead atoms. The lowest BCUT2D eigenvalue weighted by Crippen LogP contribution is -2.37. The van der Waals surface area contributed by atoms with E-state index in [2.05, 4.69) is 6.07 Å². The summed E-state index contributed by atoms with van der Waals surface area (Å²) in [6, 6.07) is 23.2. The molecule has 0 aliphatic carbocycles. The van der Waals surface area contributed by atoms with Crippen molar-refractivity contribution < 1.29 is 14.3 Å². The minimum absolute atomic E-state index is 0.0908. The van der Waals surface area contributed by atoms with Crippen molar-refractivity contribution >= 4 is 28.8 Å². The Morgan fingerprint density at radius 3 is 2.24 bits per heavy atom. The van der Waals surface area contributed by atoms with Crippen LogP contribution in [0.3, 0.4) is 0 Å². The Morgan fingerprint density at radius 1 is 0.824 bits per heavy atom. The second kappa shape index (κ2) is 8.82. The maximum atomic E-state index is 14.1. The van der Waals surface area contributed by atoms with Gasteiger partial charge in [0, 0.05) is 12.2 Å². The zero-order chi connectivity index (χ0) is 23.8. The highest BCUT2D eigenvalue weighted by molar-refractivity contribution is 6.46. The SMILES string of the molecule is Cc1ccc(C2=C(N3CCCc4ccccc43)C(=O)N(c3ccccc3OC(C)C)C2=O)cc1. The van der Waals surface area contributed by atoms with E-state index in [0.717, 1.165) is 29.7 Å². The monoisotopic (exact) mass is 452 g/mol. The number of hydrogen-bond donors (Lipinski definition) is 0. The van der Waals surface area contributed by atoms with Gasteiger partial charge in [0.1, 0.15) is 11.4 Å². The van der Waals surface area contributed by atoms with Gasteiger partial charge in [0.2, 0.25) is 0 Å². The number of carbonyl (C=O) groups is 2. The van der Waals surface area contributed by atoms with Crippen molar-refractivity contribution in [2.24, 2.45) is 0 Å². The number of nitrogens with zero attached hydrogens (tertiary/aromatic N) is 2.